The number of amides is 1. The lowest BCUT2D eigenvalue weighted by molar-refractivity contribution is -0.120. The predicted molar refractivity (Wildman–Crippen MR) is 151 cm³/mol. The van der Waals surface area contributed by atoms with Crippen LogP contribution in [0.3, 0.4) is 0 Å². The van der Waals surface area contributed by atoms with Crippen molar-refractivity contribution < 1.29 is 30.0 Å². The van der Waals surface area contributed by atoms with Gasteiger partial charge in [-0.05, 0) is 88.1 Å². The first-order valence-corrected chi connectivity index (χ1v) is 13.4. The molecule has 3 aliphatic carbocycles. The average molecular weight is 548 g/mol. The third kappa shape index (κ3) is 4.11. The molecule has 2 aromatic carbocycles. The van der Waals surface area contributed by atoms with E-state index >= 15 is 0 Å². The van der Waals surface area contributed by atoms with Crippen LogP contribution in [0.2, 0.25) is 0 Å². The molecule has 5 unspecified atom stereocenters. The monoisotopic (exact) mass is 547 g/mol. The number of benzene rings is 2. The van der Waals surface area contributed by atoms with Crippen LogP contribution in [-0.4, -0.2) is 81.7 Å². The molecule has 3 aliphatic rings. The second-order valence-electron chi connectivity index (χ2n) is 12.0. The first-order valence-electron chi connectivity index (χ1n) is 13.4. The number of Topliss-reactive ketones (excluding diaryl/α,β-unsaturated/α-hetero) is 1. The van der Waals surface area contributed by atoms with Crippen LogP contribution in [0.4, 0.5) is 0 Å². The van der Waals surface area contributed by atoms with E-state index in [1.165, 1.54) is 13.0 Å². The van der Waals surface area contributed by atoms with Crippen molar-refractivity contribution in [3.05, 3.63) is 75.8 Å². The zero-order chi connectivity index (χ0) is 29.3. The lowest BCUT2D eigenvalue weighted by Gasteiger charge is -2.52. The smallest absolute Gasteiger partial charge is 0.251 e. The van der Waals surface area contributed by atoms with Crippen molar-refractivity contribution >= 4 is 11.7 Å². The van der Waals surface area contributed by atoms with Gasteiger partial charge in [-0.15, -0.1) is 0 Å². The number of hydrogen-bond acceptors (Lipinski definition) is 8. The number of allylic oxidation sites excluding steroid dienone is 1. The third-order valence-corrected chi connectivity index (χ3v) is 8.83. The van der Waals surface area contributed by atoms with E-state index in [9.17, 15) is 30.0 Å². The van der Waals surface area contributed by atoms with Gasteiger partial charge in [0.2, 0.25) is 0 Å². The number of phenols is 1. The second-order valence-corrected chi connectivity index (χ2v) is 12.0. The van der Waals surface area contributed by atoms with Gasteiger partial charge in [-0.1, -0.05) is 30.3 Å². The number of aromatic hydroxyl groups is 1. The van der Waals surface area contributed by atoms with Crippen molar-refractivity contribution in [3.8, 4) is 16.9 Å². The number of phenolic OH excluding ortho intramolecular Hbond substituents is 1. The number of aliphatic hydroxyl groups is 3. The van der Waals surface area contributed by atoms with Crippen LogP contribution in [-0.2, 0) is 17.8 Å². The molecule has 0 saturated heterocycles. The molecule has 5 atom stereocenters. The van der Waals surface area contributed by atoms with Gasteiger partial charge in [0.1, 0.15) is 22.9 Å². The van der Waals surface area contributed by atoms with E-state index in [0.29, 0.717) is 24.9 Å². The van der Waals surface area contributed by atoms with Gasteiger partial charge in [0.25, 0.3) is 5.91 Å². The van der Waals surface area contributed by atoms with Crippen molar-refractivity contribution in [2.75, 3.05) is 28.2 Å². The van der Waals surface area contributed by atoms with E-state index in [4.69, 9.17) is 5.73 Å². The Morgan fingerprint density at radius 2 is 1.70 bits per heavy atom. The molecular weight excluding hydrogens is 510 g/mol. The van der Waals surface area contributed by atoms with Gasteiger partial charge in [0, 0.05) is 12.1 Å². The third-order valence-electron chi connectivity index (χ3n) is 8.83. The summed E-state index contributed by atoms with van der Waals surface area (Å²) in [4.78, 5) is 30.3. The second kappa shape index (κ2) is 9.76. The highest BCUT2D eigenvalue weighted by atomic mass is 16.3. The Labute approximate surface area is 233 Å². The van der Waals surface area contributed by atoms with E-state index in [0.717, 1.165) is 16.7 Å². The number of hydrogen-bond donors (Lipinski definition) is 5. The average Bonchev–Trinajstić information content (AvgIpc) is 2.83. The largest absolute Gasteiger partial charge is 0.511 e. The summed E-state index contributed by atoms with van der Waals surface area (Å²) in [5, 5.41) is 45.3. The molecule has 9 heteroatoms. The Morgan fingerprint density at radius 3 is 2.33 bits per heavy atom. The van der Waals surface area contributed by atoms with Crippen LogP contribution in [0.25, 0.3) is 11.1 Å². The molecule has 212 valence electrons. The Morgan fingerprint density at radius 1 is 1.02 bits per heavy atom. The van der Waals surface area contributed by atoms with Gasteiger partial charge >= 0.3 is 0 Å². The van der Waals surface area contributed by atoms with Crippen molar-refractivity contribution in [1.29, 1.82) is 0 Å². The van der Waals surface area contributed by atoms with Gasteiger partial charge in [0.05, 0.1) is 23.1 Å². The zero-order valence-corrected chi connectivity index (χ0v) is 23.5. The number of nitrogens with zero attached hydrogens (tertiary/aromatic N) is 2. The Hall–Kier alpha value is -3.66. The van der Waals surface area contributed by atoms with Gasteiger partial charge in [0.15, 0.2) is 5.78 Å². The fraction of sp³-hybridized carbons (Fsp3) is 0.419. The summed E-state index contributed by atoms with van der Waals surface area (Å²) in [6, 6.07) is 10.6. The molecule has 0 radical (unpaired) electrons. The fourth-order valence-corrected chi connectivity index (χ4v) is 7.41. The van der Waals surface area contributed by atoms with Crippen LogP contribution in [0, 0.1) is 17.8 Å². The number of rotatable bonds is 5. The molecule has 0 spiro atoms. The number of nitrogens with two attached hydrogens (primary N) is 1. The Balaban J connectivity index is 1.70. The zero-order valence-electron chi connectivity index (χ0n) is 23.5. The topological polar surface area (TPSA) is 148 Å². The van der Waals surface area contributed by atoms with Gasteiger partial charge < -0.3 is 31.1 Å². The maximum atomic E-state index is 14.1. The summed E-state index contributed by atoms with van der Waals surface area (Å²) < 4.78 is 0. The molecule has 6 N–H and O–H groups in total. The van der Waals surface area contributed by atoms with Crippen molar-refractivity contribution in [1.82, 2.24) is 9.80 Å². The molecule has 0 saturated carbocycles. The SMILES string of the molecule is CN(C)Cc1ccccc1-c1ccc(O)c2c1CC1CC3C(N(C)C)C(O)=C(C(N)=O)C(C)(O)C3C(O)=C1C2=O. The molecule has 5 rings (SSSR count). The molecule has 1 amide bonds. The highest BCUT2D eigenvalue weighted by molar-refractivity contribution is 6.14. The van der Waals surface area contributed by atoms with Gasteiger partial charge in [-0.25, -0.2) is 0 Å². The standard InChI is InChI=1S/C31H37N3O6/c1-31(40)24-20(26(34(4)5)29(38)25(31)30(32)39)13-16-12-19-18(17-9-7-6-8-15(17)14-33(2)3)10-11-21(35)23(19)27(36)22(16)28(24)37/h6-11,16,20,24,26,35,37-38,40H,12-14H2,1-5H3,(H2,32,39). The molecule has 2 aromatic rings. The summed E-state index contributed by atoms with van der Waals surface area (Å²) in [5.74, 6) is -4.30. The first-order chi connectivity index (χ1) is 18.8. The normalized spacial score (nSPS) is 28.1. The lowest BCUT2D eigenvalue weighted by Crippen LogP contribution is -2.59. The van der Waals surface area contributed by atoms with Crippen LogP contribution >= 0.6 is 0 Å². The maximum Gasteiger partial charge on any atom is 0.251 e. The number of carbonyl (C=O) groups excluding carboxylic acids is 2. The van der Waals surface area contributed by atoms with Crippen LogP contribution in [0.5, 0.6) is 5.75 Å². The number of fused-ring (bicyclic) bond motifs is 3. The van der Waals surface area contributed by atoms with Gasteiger partial charge in [-0.2, -0.15) is 0 Å². The van der Waals surface area contributed by atoms with Crippen molar-refractivity contribution in [3.63, 3.8) is 0 Å². The summed E-state index contributed by atoms with van der Waals surface area (Å²) in [7, 11) is 7.45. The van der Waals surface area contributed by atoms with E-state index in [1.54, 1.807) is 19.0 Å². The van der Waals surface area contributed by atoms with E-state index in [-0.39, 0.29) is 34.0 Å². The van der Waals surface area contributed by atoms with Crippen molar-refractivity contribution in [2.24, 2.45) is 23.5 Å². The highest BCUT2D eigenvalue weighted by Gasteiger charge is 2.59. The first kappa shape index (κ1) is 27.9. The molecule has 9 nitrogen and oxygen atoms in total. The maximum absolute atomic E-state index is 14.1. The molecule has 0 fully saturated rings. The number of likely N-dealkylation sites (N-methyl/N-ethyl adjacent to an activating group) is 1. The molecule has 0 aromatic heterocycles. The summed E-state index contributed by atoms with van der Waals surface area (Å²) in [6.45, 7) is 2.02. The quantitative estimate of drug-likeness (QED) is 0.384. The van der Waals surface area contributed by atoms with Crippen LogP contribution in [0.15, 0.2) is 59.1 Å². The number of aliphatic hydroxyl groups excluding tert-OH is 2. The highest BCUT2D eigenvalue weighted by Crippen LogP contribution is 2.55. The van der Waals surface area contributed by atoms with Gasteiger partial charge in [-0.3, -0.25) is 14.5 Å². The number of primary amides is 1. The minimum absolute atomic E-state index is 0.130. The van der Waals surface area contributed by atoms with Crippen LogP contribution in [0.1, 0.15) is 34.8 Å². The van der Waals surface area contributed by atoms with E-state index in [1.807, 2.05) is 44.4 Å². The number of ketones is 1. The van der Waals surface area contributed by atoms with Crippen LogP contribution < -0.4 is 5.73 Å². The summed E-state index contributed by atoms with van der Waals surface area (Å²) in [6.07, 6.45) is 0.734. The Bertz CT molecular complexity index is 1470. The van der Waals surface area contributed by atoms with Crippen molar-refractivity contribution in [2.45, 2.75) is 38.0 Å². The minimum atomic E-state index is -2.01. The Kier molecular flexibility index (Phi) is 6.81. The van der Waals surface area contributed by atoms with E-state index < -0.39 is 41.1 Å². The predicted octanol–water partition coefficient (Wildman–Crippen LogP) is 2.92. The minimum Gasteiger partial charge on any atom is -0.511 e. The van der Waals surface area contributed by atoms with E-state index in [2.05, 4.69) is 4.90 Å². The molecule has 0 bridgehead atoms. The fourth-order valence-electron chi connectivity index (χ4n) is 7.41. The summed E-state index contributed by atoms with van der Waals surface area (Å²) >= 11 is 0. The molecule has 0 aliphatic heterocycles. The number of carbonyl (C=O) groups is 2. The molecule has 0 heterocycles. The lowest BCUT2D eigenvalue weighted by atomic mass is 9.56. The molecule has 40 heavy (non-hydrogen) atoms. The molecular formula is C31H37N3O6. The summed E-state index contributed by atoms with van der Waals surface area (Å²) in [5.41, 5.74) is 7.06.